The van der Waals surface area contributed by atoms with E-state index in [-0.39, 0.29) is 30.3 Å². The lowest BCUT2D eigenvalue weighted by Gasteiger charge is -2.22. The number of nitrogens with zero attached hydrogens (tertiary/aromatic N) is 2. The van der Waals surface area contributed by atoms with Crippen molar-refractivity contribution in [3.05, 3.63) is 46.6 Å². The molecule has 1 fully saturated rings. The molecule has 0 aliphatic carbocycles. The maximum atomic E-state index is 12.5. The second kappa shape index (κ2) is 7.52. The van der Waals surface area contributed by atoms with Crippen molar-refractivity contribution in [2.45, 2.75) is 25.5 Å². The fourth-order valence-electron chi connectivity index (χ4n) is 2.82. The number of ether oxygens (including phenoxy) is 1. The minimum Gasteiger partial charge on any atom is -0.445 e. The zero-order chi connectivity index (χ0) is 17.8. The number of aromatic nitrogens is 1. The number of hydrogen-bond donors (Lipinski definition) is 2. The van der Waals surface area contributed by atoms with Crippen LogP contribution in [0.3, 0.4) is 0 Å². The second-order valence-corrected chi connectivity index (χ2v) is 6.80. The largest absolute Gasteiger partial charge is 0.445 e. The number of carbonyl (C=O) groups excluding carboxylic acids is 2. The van der Waals surface area contributed by atoms with Crippen LogP contribution in [0.15, 0.2) is 30.3 Å². The SMILES string of the molecule is CNC(=O)c1nc([C@H]2CCCN2C(=O)OCc2ccccc2)sc1N. The fraction of sp³-hybridized carbons (Fsp3) is 0.353. The van der Waals surface area contributed by atoms with Crippen molar-refractivity contribution in [3.8, 4) is 0 Å². The van der Waals surface area contributed by atoms with Crippen LogP contribution >= 0.6 is 11.3 Å². The predicted octanol–water partition coefficient (Wildman–Crippen LogP) is 2.56. The standard InChI is InChI=1S/C17H20N4O3S/c1-19-15(22)13-14(18)25-16(20-13)12-8-5-9-21(12)17(23)24-10-11-6-3-2-4-7-11/h2-4,6-7,12H,5,8-10,18H2,1H3,(H,19,22)/t12-/m1/s1. The Balaban J connectivity index is 1.70. The third kappa shape index (κ3) is 3.74. The molecule has 132 valence electrons. The highest BCUT2D eigenvalue weighted by Crippen LogP contribution is 2.36. The average molecular weight is 360 g/mol. The number of benzene rings is 1. The topological polar surface area (TPSA) is 97.5 Å². The lowest BCUT2D eigenvalue weighted by Crippen LogP contribution is -2.31. The summed E-state index contributed by atoms with van der Waals surface area (Å²) in [6.07, 6.45) is 1.27. The first kappa shape index (κ1) is 17.2. The highest BCUT2D eigenvalue weighted by molar-refractivity contribution is 7.16. The molecule has 0 spiro atoms. The number of nitrogen functional groups attached to an aromatic ring is 1. The lowest BCUT2D eigenvalue weighted by molar-refractivity contribution is 0.0920. The maximum Gasteiger partial charge on any atom is 0.410 e. The van der Waals surface area contributed by atoms with Gasteiger partial charge in [-0.25, -0.2) is 9.78 Å². The van der Waals surface area contributed by atoms with Crippen LogP contribution in [0.2, 0.25) is 0 Å². The van der Waals surface area contributed by atoms with Gasteiger partial charge in [-0.3, -0.25) is 9.69 Å². The number of nitrogens with two attached hydrogens (primary N) is 1. The minimum absolute atomic E-state index is 0.200. The number of hydrogen-bond acceptors (Lipinski definition) is 6. The Labute approximate surface area is 149 Å². The molecule has 1 aromatic heterocycles. The first-order chi connectivity index (χ1) is 12.1. The Morgan fingerprint density at radius 2 is 2.16 bits per heavy atom. The molecule has 1 aromatic carbocycles. The molecule has 3 N–H and O–H groups in total. The van der Waals surface area contributed by atoms with Gasteiger partial charge in [0, 0.05) is 13.6 Å². The number of likely N-dealkylation sites (tertiary alicyclic amines) is 1. The van der Waals surface area contributed by atoms with Crippen molar-refractivity contribution in [1.29, 1.82) is 0 Å². The predicted molar refractivity (Wildman–Crippen MR) is 95.2 cm³/mol. The Morgan fingerprint density at radius 3 is 2.88 bits per heavy atom. The van der Waals surface area contributed by atoms with Crippen LogP contribution in [-0.2, 0) is 11.3 Å². The molecule has 8 heteroatoms. The van der Waals surface area contributed by atoms with Gasteiger partial charge in [-0.1, -0.05) is 41.7 Å². The summed E-state index contributed by atoms with van der Waals surface area (Å²) in [7, 11) is 1.53. The van der Waals surface area contributed by atoms with Crippen LogP contribution < -0.4 is 11.1 Å². The van der Waals surface area contributed by atoms with E-state index in [2.05, 4.69) is 10.3 Å². The summed E-state index contributed by atoms with van der Waals surface area (Å²) in [6, 6.07) is 9.34. The summed E-state index contributed by atoms with van der Waals surface area (Å²) in [6.45, 7) is 0.833. The molecule has 0 radical (unpaired) electrons. The number of rotatable bonds is 4. The van der Waals surface area contributed by atoms with Crippen LogP contribution in [-0.4, -0.2) is 35.5 Å². The first-order valence-corrected chi connectivity index (χ1v) is 8.87. The third-order valence-corrected chi connectivity index (χ3v) is 5.08. The van der Waals surface area contributed by atoms with Crippen LogP contribution in [0.4, 0.5) is 9.80 Å². The van der Waals surface area contributed by atoms with Crippen molar-refractivity contribution in [1.82, 2.24) is 15.2 Å². The lowest BCUT2D eigenvalue weighted by atomic mass is 10.2. The molecule has 1 aliphatic heterocycles. The summed E-state index contributed by atoms with van der Waals surface area (Å²) in [5.74, 6) is -0.323. The summed E-state index contributed by atoms with van der Waals surface area (Å²) in [5, 5.41) is 3.55. The molecule has 7 nitrogen and oxygen atoms in total. The third-order valence-electron chi connectivity index (χ3n) is 4.09. The van der Waals surface area contributed by atoms with E-state index in [1.807, 2.05) is 30.3 Å². The Hall–Kier alpha value is -2.61. The van der Waals surface area contributed by atoms with E-state index in [0.29, 0.717) is 16.6 Å². The van der Waals surface area contributed by atoms with E-state index in [1.54, 1.807) is 4.90 Å². The number of amides is 2. The Kier molecular flexibility index (Phi) is 5.18. The van der Waals surface area contributed by atoms with E-state index in [9.17, 15) is 9.59 Å². The smallest absolute Gasteiger partial charge is 0.410 e. The van der Waals surface area contributed by atoms with Gasteiger partial charge in [0.05, 0.1) is 6.04 Å². The van der Waals surface area contributed by atoms with E-state index < -0.39 is 0 Å². The monoisotopic (exact) mass is 360 g/mol. The van der Waals surface area contributed by atoms with Crippen LogP contribution in [0.1, 0.15) is 39.9 Å². The fourth-order valence-corrected chi connectivity index (χ4v) is 3.80. The Morgan fingerprint density at radius 1 is 1.40 bits per heavy atom. The number of anilines is 1. The summed E-state index contributed by atoms with van der Waals surface area (Å²) < 4.78 is 5.42. The molecule has 3 rings (SSSR count). The molecule has 0 bridgehead atoms. The highest BCUT2D eigenvalue weighted by atomic mass is 32.1. The van der Waals surface area contributed by atoms with Gasteiger partial charge in [-0.15, -0.1) is 0 Å². The van der Waals surface area contributed by atoms with Gasteiger partial charge in [0.15, 0.2) is 5.69 Å². The second-order valence-electron chi connectivity index (χ2n) is 5.74. The van der Waals surface area contributed by atoms with E-state index in [4.69, 9.17) is 10.5 Å². The van der Waals surface area contributed by atoms with Crippen molar-refractivity contribution in [2.75, 3.05) is 19.3 Å². The zero-order valence-electron chi connectivity index (χ0n) is 13.9. The number of thiazole rings is 1. The highest BCUT2D eigenvalue weighted by Gasteiger charge is 2.34. The van der Waals surface area contributed by atoms with Crippen LogP contribution in [0, 0.1) is 0 Å². The zero-order valence-corrected chi connectivity index (χ0v) is 14.7. The van der Waals surface area contributed by atoms with Gasteiger partial charge in [-0.05, 0) is 18.4 Å². The normalized spacial score (nSPS) is 16.7. The first-order valence-electron chi connectivity index (χ1n) is 8.05. The van der Waals surface area contributed by atoms with Crippen LogP contribution in [0.25, 0.3) is 0 Å². The van der Waals surface area contributed by atoms with Crippen molar-refractivity contribution >= 4 is 28.3 Å². The molecule has 2 amide bonds. The van der Waals surface area contributed by atoms with Gasteiger partial charge in [0.1, 0.15) is 16.6 Å². The maximum absolute atomic E-state index is 12.5. The van der Waals surface area contributed by atoms with Gasteiger partial charge in [0.25, 0.3) is 5.91 Å². The number of nitrogens with one attached hydrogen (secondary N) is 1. The molecular formula is C17H20N4O3S. The molecule has 1 aliphatic rings. The summed E-state index contributed by atoms with van der Waals surface area (Å²) in [4.78, 5) is 30.2. The van der Waals surface area contributed by atoms with Crippen molar-refractivity contribution in [3.63, 3.8) is 0 Å². The van der Waals surface area contributed by atoms with Crippen molar-refractivity contribution < 1.29 is 14.3 Å². The van der Waals surface area contributed by atoms with Gasteiger partial charge >= 0.3 is 6.09 Å². The summed E-state index contributed by atoms with van der Waals surface area (Å²) >= 11 is 1.25. The molecule has 0 unspecified atom stereocenters. The minimum atomic E-state index is -0.374. The van der Waals surface area contributed by atoms with E-state index in [1.165, 1.54) is 18.4 Å². The van der Waals surface area contributed by atoms with Crippen LogP contribution in [0.5, 0.6) is 0 Å². The molecule has 1 atom stereocenters. The molecular weight excluding hydrogens is 340 g/mol. The molecule has 0 saturated carbocycles. The molecule has 25 heavy (non-hydrogen) atoms. The van der Waals surface area contributed by atoms with Gasteiger partial charge in [-0.2, -0.15) is 0 Å². The Bertz CT molecular complexity index is 763. The summed E-state index contributed by atoms with van der Waals surface area (Å²) in [5.41, 5.74) is 7.05. The van der Waals surface area contributed by atoms with E-state index >= 15 is 0 Å². The molecule has 1 saturated heterocycles. The number of carbonyl (C=O) groups is 2. The van der Waals surface area contributed by atoms with Crippen molar-refractivity contribution in [2.24, 2.45) is 0 Å². The quantitative estimate of drug-likeness (QED) is 0.873. The molecule has 2 aromatic rings. The van der Waals surface area contributed by atoms with E-state index in [0.717, 1.165) is 18.4 Å². The average Bonchev–Trinajstić information content (AvgIpc) is 3.26. The van der Waals surface area contributed by atoms with Gasteiger partial charge < -0.3 is 15.8 Å². The van der Waals surface area contributed by atoms with Gasteiger partial charge in [0.2, 0.25) is 0 Å². The molecule has 2 heterocycles.